The molecule has 0 unspecified atom stereocenters. The number of nitrogens with one attached hydrogen (secondary N) is 1. The second-order valence-electron chi connectivity index (χ2n) is 3.13. The van der Waals surface area contributed by atoms with E-state index < -0.39 is 10.0 Å². The van der Waals surface area contributed by atoms with Crippen molar-refractivity contribution in [3.05, 3.63) is 18.7 Å². The van der Waals surface area contributed by atoms with Crippen LogP contribution >= 0.6 is 0 Å². The Morgan fingerprint density at radius 3 is 3.06 bits per heavy atom. The van der Waals surface area contributed by atoms with E-state index in [2.05, 4.69) is 20.5 Å². The van der Waals surface area contributed by atoms with Crippen LogP contribution in [-0.2, 0) is 10.0 Å². The molecule has 3 N–H and O–H groups in total. The van der Waals surface area contributed by atoms with E-state index in [0.717, 1.165) is 0 Å². The van der Waals surface area contributed by atoms with Crippen LogP contribution in [0.4, 0.5) is 5.82 Å². The molecule has 0 amide bonds. The van der Waals surface area contributed by atoms with Crippen LogP contribution in [0.5, 0.6) is 0 Å². The Bertz CT molecular complexity index is 592. The molecule has 0 bridgehead atoms. The first-order valence-electron chi connectivity index (χ1n) is 4.45. The summed E-state index contributed by atoms with van der Waals surface area (Å²) in [6.45, 7) is 0.179. The first kappa shape index (κ1) is 10.8. The number of primary sulfonamides is 1. The molecule has 86 valence electrons. The SMILES string of the molecule is NS(=O)(=O)CCNc1nccn2cnnc12. The fraction of sp³-hybridized carbons (Fsp3) is 0.286. The van der Waals surface area contributed by atoms with Crippen LogP contribution in [0.2, 0.25) is 0 Å². The fourth-order valence-corrected chi connectivity index (χ4v) is 1.58. The molecule has 0 saturated heterocycles. The molecule has 2 rings (SSSR count). The van der Waals surface area contributed by atoms with Crippen molar-refractivity contribution in [1.29, 1.82) is 0 Å². The molecule has 0 fully saturated rings. The molecule has 0 atom stereocenters. The van der Waals surface area contributed by atoms with Crippen molar-refractivity contribution in [2.45, 2.75) is 0 Å². The van der Waals surface area contributed by atoms with Crippen LogP contribution < -0.4 is 10.5 Å². The normalized spacial score (nSPS) is 11.8. The van der Waals surface area contributed by atoms with Crippen LogP contribution in [0, 0.1) is 0 Å². The van der Waals surface area contributed by atoms with Crippen molar-refractivity contribution < 1.29 is 8.42 Å². The number of aromatic nitrogens is 4. The van der Waals surface area contributed by atoms with Crippen LogP contribution in [0.1, 0.15) is 0 Å². The molecule has 9 heteroatoms. The molecule has 0 spiro atoms. The zero-order valence-electron chi connectivity index (χ0n) is 8.24. The minimum absolute atomic E-state index is 0.163. The van der Waals surface area contributed by atoms with E-state index in [9.17, 15) is 8.42 Å². The van der Waals surface area contributed by atoms with Gasteiger partial charge >= 0.3 is 0 Å². The van der Waals surface area contributed by atoms with Gasteiger partial charge in [0, 0.05) is 18.9 Å². The molecule has 0 radical (unpaired) electrons. The van der Waals surface area contributed by atoms with E-state index >= 15 is 0 Å². The van der Waals surface area contributed by atoms with Crippen LogP contribution in [0.15, 0.2) is 18.7 Å². The maximum atomic E-state index is 10.7. The molecule has 0 aliphatic heterocycles. The molecule has 0 aromatic carbocycles. The van der Waals surface area contributed by atoms with Gasteiger partial charge in [-0.25, -0.2) is 18.5 Å². The first-order chi connectivity index (χ1) is 7.56. The number of rotatable bonds is 4. The predicted octanol–water partition coefficient (Wildman–Crippen LogP) is -1.18. The van der Waals surface area contributed by atoms with Crippen LogP contribution in [0.25, 0.3) is 5.65 Å². The molecule has 2 aromatic heterocycles. The highest BCUT2D eigenvalue weighted by molar-refractivity contribution is 7.89. The summed E-state index contributed by atoms with van der Waals surface area (Å²) in [5, 5.41) is 15.3. The van der Waals surface area contributed by atoms with E-state index in [-0.39, 0.29) is 12.3 Å². The smallest absolute Gasteiger partial charge is 0.210 e. The third-order valence-corrected chi connectivity index (χ3v) is 2.67. The zero-order valence-corrected chi connectivity index (χ0v) is 9.05. The minimum Gasteiger partial charge on any atom is -0.366 e. The van der Waals surface area contributed by atoms with Gasteiger partial charge in [0.15, 0.2) is 5.82 Å². The van der Waals surface area contributed by atoms with Crippen molar-refractivity contribution in [3.8, 4) is 0 Å². The number of nitrogens with zero attached hydrogens (tertiary/aromatic N) is 4. The third kappa shape index (κ3) is 2.44. The molecule has 0 aliphatic rings. The average molecular weight is 242 g/mol. The number of fused-ring (bicyclic) bond motifs is 1. The summed E-state index contributed by atoms with van der Waals surface area (Å²) in [7, 11) is -3.47. The summed E-state index contributed by atoms with van der Waals surface area (Å²) >= 11 is 0. The largest absolute Gasteiger partial charge is 0.366 e. The maximum Gasteiger partial charge on any atom is 0.210 e. The lowest BCUT2D eigenvalue weighted by Gasteiger charge is -2.04. The van der Waals surface area contributed by atoms with Gasteiger partial charge in [-0.15, -0.1) is 10.2 Å². The summed E-state index contributed by atoms with van der Waals surface area (Å²) in [6.07, 6.45) is 4.79. The molecule has 2 heterocycles. The van der Waals surface area contributed by atoms with Crippen LogP contribution in [0.3, 0.4) is 0 Å². The lowest BCUT2D eigenvalue weighted by molar-refractivity contribution is 0.598. The van der Waals surface area contributed by atoms with Crippen molar-refractivity contribution in [2.24, 2.45) is 5.14 Å². The highest BCUT2D eigenvalue weighted by Gasteiger charge is 2.06. The van der Waals surface area contributed by atoms with Gasteiger partial charge in [0.25, 0.3) is 0 Å². The Morgan fingerprint density at radius 2 is 2.31 bits per heavy atom. The molecular formula is C7H10N6O2S. The molecular weight excluding hydrogens is 232 g/mol. The van der Waals surface area contributed by atoms with E-state index in [1.807, 2.05) is 0 Å². The average Bonchev–Trinajstić information content (AvgIpc) is 2.64. The standard InChI is InChI=1S/C7H10N6O2S/c8-16(14,15)4-2-10-6-7-12-11-5-13(7)3-1-9-6/h1,3,5H,2,4H2,(H,9,10)(H2,8,14,15). The van der Waals surface area contributed by atoms with Gasteiger partial charge in [0.1, 0.15) is 6.33 Å². The van der Waals surface area contributed by atoms with Crippen molar-refractivity contribution in [1.82, 2.24) is 19.6 Å². The summed E-state index contributed by atoms with van der Waals surface area (Å²) in [4.78, 5) is 4.03. The Morgan fingerprint density at radius 1 is 1.50 bits per heavy atom. The Hall–Kier alpha value is -1.74. The predicted molar refractivity (Wildman–Crippen MR) is 57.2 cm³/mol. The van der Waals surface area contributed by atoms with Crippen LogP contribution in [-0.4, -0.2) is 40.3 Å². The summed E-state index contributed by atoms with van der Waals surface area (Å²) in [6, 6.07) is 0. The van der Waals surface area contributed by atoms with E-state index in [1.165, 1.54) is 6.33 Å². The molecule has 8 nitrogen and oxygen atoms in total. The lowest BCUT2D eigenvalue weighted by atomic mass is 10.6. The summed E-state index contributed by atoms with van der Waals surface area (Å²) < 4.78 is 23.1. The first-order valence-corrected chi connectivity index (χ1v) is 6.16. The van der Waals surface area contributed by atoms with Crippen molar-refractivity contribution >= 4 is 21.5 Å². The summed E-state index contributed by atoms with van der Waals surface area (Å²) in [5.41, 5.74) is 0.539. The Balaban J connectivity index is 2.12. The van der Waals surface area contributed by atoms with E-state index in [4.69, 9.17) is 5.14 Å². The lowest BCUT2D eigenvalue weighted by Crippen LogP contribution is -2.22. The highest BCUT2D eigenvalue weighted by Crippen LogP contribution is 2.08. The fourth-order valence-electron chi connectivity index (χ4n) is 1.20. The summed E-state index contributed by atoms with van der Waals surface area (Å²) in [5.74, 6) is 0.313. The van der Waals surface area contributed by atoms with Gasteiger partial charge in [0.05, 0.1) is 5.75 Å². The number of sulfonamides is 1. The third-order valence-electron chi connectivity index (χ3n) is 1.89. The Labute approximate surface area is 91.6 Å². The van der Waals surface area contributed by atoms with Crippen molar-refractivity contribution in [3.63, 3.8) is 0 Å². The number of nitrogens with two attached hydrogens (primary N) is 1. The second kappa shape index (κ2) is 4.02. The van der Waals surface area contributed by atoms with Crippen molar-refractivity contribution in [2.75, 3.05) is 17.6 Å². The topological polar surface area (TPSA) is 115 Å². The van der Waals surface area contributed by atoms with Gasteiger partial charge in [-0.05, 0) is 0 Å². The number of hydrogen-bond donors (Lipinski definition) is 2. The van der Waals surface area contributed by atoms with Gasteiger partial charge in [0.2, 0.25) is 15.7 Å². The highest BCUT2D eigenvalue weighted by atomic mass is 32.2. The maximum absolute atomic E-state index is 10.7. The number of hydrogen-bond acceptors (Lipinski definition) is 6. The quantitative estimate of drug-likeness (QED) is 0.697. The second-order valence-corrected chi connectivity index (χ2v) is 4.87. The molecule has 0 saturated carbocycles. The van der Waals surface area contributed by atoms with Gasteiger partial charge in [-0.3, -0.25) is 4.40 Å². The van der Waals surface area contributed by atoms with Gasteiger partial charge < -0.3 is 5.32 Å². The van der Waals surface area contributed by atoms with E-state index in [0.29, 0.717) is 11.5 Å². The molecule has 0 aliphatic carbocycles. The minimum atomic E-state index is -3.47. The molecule has 2 aromatic rings. The zero-order chi connectivity index (χ0) is 11.6. The Kier molecular flexibility index (Phi) is 2.71. The number of anilines is 1. The van der Waals surface area contributed by atoms with Gasteiger partial charge in [-0.1, -0.05) is 0 Å². The molecule has 16 heavy (non-hydrogen) atoms. The van der Waals surface area contributed by atoms with Gasteiger partial charge in [-0.2, -0.15) is 0 Å². The monoisotopic (exact) mass is 242 g/mol. The van der Waals surface area contributed by atoms with E-state index in [1.54, 1.807) is 16.8 Å².